The highest BCUT2D eigenvalue weighted by Crippen LogP contribution is 2.00. The molecule has 0 spiro atoms. The maximum Gasteiger partial charge on any atom is 0.232 e. The van der Waals surface area contributed by atoms with E-state index < -0.39 is 0 Å². The van der Waals surface area contributed by atoms with Crippen LogP contribution in [0.25, 0.3) is 0 Å². The van der Waals surface area contributed by atoms with Crippen molar-refractivity contribution >= 4 is 5.91 Å². The van der Waals surface area contributed by atoms with E-state index in [1.54, 1.807) is 0 Å². The van der Waals surface area contributed by atoms with E-state index in [0.29, 0.717) is 5.88 Å². The molecule has 0 radical (unpaired) electrons. The van der Waals surface area contributed by atoms with E-state index in [0.717, 1.165) is 0 Å². The van der Waals surface area contributed by atoms with E-state index in [2.05, 4.69) is 10.1 Å². The highest BCUT2D eigenvalue weighted by molar-refractivity contribution is 5.74. The van der Waals surface area contributed by atoms with Gasteiger partial charge in [0.1, 0.15) is 6.26 Å². The zero-order valence-corrected chi connectivity index (χ0v) is 5.01. The third kappa shape index (κ3) is 1.64. The molecule has 1 aliphatic rings. The van der Waals surface area contributed by atoms with Gasteiger partial charge in [-0.1, -0.05) is 0 Å². The average Bonchev–Trinajstić information content (AvgIpc) is 2.15. The minimum atomic E-state index is -0.160. The standard InChI is InChI=1S/C5H7NO3/c1-4(7)6-5-2-8-3-9-5/h2H,3H2,1H3,(H,6,7). The molecule has 0 atom stereocenters. The fraction of sp³-hybridized carbons (Fsp3) is 0.400. The second-order valence-corrected chi connectivity index (χ2v) is 1.59. The van der Waals surface area contributed by atoms with Crippen molar-refractivity contribution in [3.05, 3.63) is 12.1 Å². The second-order valence-electron chi connectivity index (χ2n) is 1.59. The molecule has 1 N–H and O–H groups in total. The number of hydrogen-bond donors (Lipinski definition) is 1. The summed E-state index contributed by atoms with van der Waals surface area (Å²) in [5.41, 5.74) is 0. The highest BCUT2D eigenvalue weighted by atomic mass is 16.7. The first-order valence-corrected chi connectivity index (χ1v) is 2.51. The number of hydrogen-bond acceptors (Lipinski definition) is 3. The lowest BCUT2D eigenvalue weighted by Gasteiger charge is -1.97. The fourth-order valence-corrected chi connectivity index (χ4v) is 0.480. The van der Waals surface area contributed by atoms with Crippen LogP contribution in [0.1, 0.15) is 6.92 Å². The Morgan fingerprint density at radius 3 is 3.11 bits per heavy atom. The Morgan fingerprint density at radius 2 is 2.67 bits per heavy atom. The topological polar surface area (TPSA) is 47.6 Å². The van der Waals surface area contributed by atoms with Crippen LogP contribution in [0.3, 0.4) is 0 Å². The molecular formula is C5H7NO3. The first-order chi connectivity index (χ1) is 4.29. The Balaban J connectivity index is 2.35. The van der Waals surface area contributed by atoms with Crippen molar-refractivity contribution in [2.45, 2.75) is 6.92 Å². The summed E-state index contributed by atoms with van der Waals surface area (Å²) in [5, 5.41) is 2.42. The monoisotopic (exact) mass is 129 g/mol. The van der Waals surface area contributed by atoms with Gasteiger partial charge < -0.3 is 9.47 Å². The van der Waals surface area contributed by atoms with Gasteiger partial charge in [-0.15, -0.1) is 0 Å². The van der Waals surface area contributed by atoms with Crippen molar-refractivity contribution in [2.24, 2.45) is 0 Å². The molecule has 0 fully saturated rings. The molecule has 50 valence electrons. The molecule has 4 heteroatoms. The third-order valence-electron chi connectivity index (χ3n) is 0.772. The van der Waals surface area contributed by atoms with Crippen LogP contribution in [0.2, 0.25) is 0 Å². The quantitative estimate of drug-likeness (QED) is 0.539. The molecule has 1 heterocycles. The van der Waals surface area contributed by atoms with Crippen LogP contribution in [0.4, 0.5) is 0 Å². The number of nitrogens with one attached hydrogen (secondary N) is 1. The van der Waals surface area contributed by atoms with Crippen LogP contribution >= 0.6 is 0 Å². The predicted molar refractivity (Wildman–Crippen MR) is 28.9 cm³/mol. The van der Waals surface area contributed by atoms with Crippen molar-refractivity contribution in [2.75, 3.05) is 6.79 Å². The number of rotatable bonds is 1. The summed E-state index contributed by atoms with van der Waals surface area (Å²) in [6.45, 7) is 1.60. The summed E-state index contributed by atoms with van der Waals surface area (Å²) in [7, 11) is 0. The Morgan fingerprint density at radius 1 is 1.89 bits per heavy atom. The van der Waals surface area contributed by atoms with Gasteiger partial charge in [0.05, 0.1) is 0 Å². The average molecular weight is 129 g/mol. The largest absolute Gasteiger partial charge is 0.459 e. The normalized spacial score (nSPS) is 15.4. The summed E-state index contributed by atoms with van der Waals surface area (Å²) in [4.78, 5) is 10.3. The first-order valence-electron chi connectivity index (χ1n) is 2.51. The maximum atomic E-state index is 10.3. The lowest BCUT2D eigenvalue weighted by molar-refractivity contribution is -0.119. The third-order valence-corrected chi connectivity index (χ3v) is 0.772. The number of carbonyl (C=O) groups is 1. The Hall–Kier alpha value is -1.19. The van der Waals surface area contributed by atoms with E-state index in [1.165, 1.54) is 13.2 Å². The van der Waals surface area contributed by atoms with E-state index in [1.807, 2.05) is 0 Å². The van der Waals surface area contributed by atoms with Crippen LogP contribution in [0, 0.1) is 0 Å². The summed E-state index contributed by atoms with van der Waals surface area (Å²) in [6, 6.07) is 0. The Labute approximate surface area is 52.4 Å². The van der Waals surface area contributed by atoms with Gasteiger partial charge in [0.2, 0.25) is 18.6 Å². The number of ether oxygens (including phenoxy) is 2. The van der Waals surface area contributed by atoms with Gasteiger partial charge in [-0.05, 0) is 0 Å². The van der Waals surface area contributed by atoms with Crippen molar-refractivity contribution in [3.63, 3.8) is 0 Å². The van der Waals surface area contributed by atoms with Gasteiger partial charge in [-0.2, -0.15) is 0 Å². The molecule has 0 bridgehead atoms. The van der Waals surface area contributed by atoms with E-state index >= 15 is 0 Å². The van der Waals surface area contributed by atoms with E-state index in [9.17, 15) is 4.79 Å². The molecule has 0 saturated heterocycles. The van der Waals surface area contributed by atoms with E-state index in [-0.39, 0.29) is 12.7 Å². The van der Waals surface area contributed by atoms with Crippen molar-refractivity contribution in [1.82, 2.24) is 5.32 Å². The lowest BCUT2D eigenvalue weighted by Crippen LogP contribution is -2.18. The van der Waals surface area contributed by atoms with Crippen molar-refractivity contribution in [3.8, 4) is 0 Å². The molecule has 0 aromatic rings. The summed E-state index contributed by atoms with van der Waals surface area (Å²) >= 11 is 0. The van der Waals surface area contributed by atoms with Gasteiger partial charge in [-0.3, -0.25) is 10.1 Å². The zero-order valence-electron chi connectivity index (χ0n) is 5.01. The molecule has 9 heavy (non-hydrogen) atoms. The predicted octanol–water partition coefficient (Wildman–Crippen LogP) is -0.0743. The zero-order chi connectivity index (χ0) is 6.69. The van der Waals surface area contributed by atoms with Gasteiger partial charge >= 0.3 is 0 Å². The summed E-state index contributed by atoms with van der Waals surface area (Å²) < 4.78 is 9.43. The summed E-state index contributed by atoms with van der Waals surface area (Å²) in [5.74, 6) is 0.217. The Kier molecular flexibility index (Phi) is 1.58. The molecule has 1 rings (SSSR count). The van der Waals surface area contributed by atoms with Gasteiger partial charge in [0.15, 0.2) is 0 Å². The van der Waals surface area contributed by atoms with Crippen LogP contribution in [0.5, 0.6) is 0 Å². The SMILES string of the molecule is CC(=O)NC1=COCO1. The maximum absolute atomic E-state index is 10.3. The van der Waals surface area contributed by atoms with Crippen LogP contribution in [-0.4, -0.2) is 12.7 Å². The number of amides is 1. The molecule has 0 saturated carbocycles. The summed E-state index contributed by atoms with van der Waals surface area (Å²) in [6.07, 6.45) is 1.36. The minimum absolute atomic E-state index is 0.160. The van der Waals surface area contributed by atoms with Crippen molar-refractivity contribution in [1.29, 1.82) is 0 Å². The van der Waals surface area contributed by atoms with Gasteiger partial charge in [-0.25, -0.2) is 0 Å². The smallest absolute Gasteiger partial charge is 0.232 e. The van der Waals surface area contributed by atoms with Crippen LogP contribution < -0.4 is 5.32 Å². The lowest BCUT2D eigenvalue weighted by atomic mass is 10.7. The van der Waals surface area contributed by atoms with Gasteiger partial charge in [0.25, 0.3) is 0 Å². The Bertz CT molecular complexity index is 152. The second kappa shape index (κ2) is 2.39. The van der Waals surface area contributed by atoms with Crippen LogP contribution in [0.15, 0.2) is 12.1 Å². The highest BCUT2D eigenvalue weighted by Gasteiger charge is 2.05. The first kappa shape index (κ1) is 5.94. The molecule has 1 aliphatic heterocycles. The number of carbonyl (C=O) groups excluding carboxylic acids is 1. The molecule has 0 aromatic heterocycles. The van der Waals surface area contributed by atoms with E-state index in [4.69, 9.17) is 4.74 Å². The molecule has 0 aromatic carbocycles. The molecule has 1 amide bonds. The molecule has 0 aliphatic carbocycles. The van der Waals surface area contributed by atoms with Crippen LogP contribution in [-0.2, 0) is 14.3 Å². The fourth-order valence-electron chi connectivity index (χ4n) is 0.480. The minimum Gasteiger partial charge on any atom is -0.459 e. The molecule has 4 nitrogen and oxygen atoms in total. The van der Waals surface area contributed by atoms with Crippen molar-refractivity contribution < 1.29 is 14.3 Å². The molecule has 0 unspecified atom stereocenters. The molecular weight excluding hydrogens is 122 g/mol. The van der Waals surface area contributed by atoms with Gasteiger partial charge in [0, 0.05) is 6.92 Å².